The van der Waals surface area contributed by atoms with Crippen molar-refractivity contribution in [2.24, 2.45) is 0 Å². The smallest absolute Gasteiger partial charge is 0.252 e. The molecule has 0 saturated heterocycles. The molecule has 0 atom stereocenters. The standard InChI is InChI=1S/C14H20BrNOS/c1-4-14(5-2,6-3)16-13(17)11-8-7-10(15)9-12(11)18/h7-9,18H,4-6H2,1-3H3,(H,16,17). The molecule has 1 aromatic rings. The largest absolute Gasteiger partial charge is 0.347 e. The highest BCUT2D eigenvalue weighted by atomic mass is 79.9. The summed E-state index contributed by atoms with van der Waals surface area (Å²) in [5.41, 5.74) is 0.519. The fourth-order valence-corrected chi connectivity index (χ4v) is 2.87. The molecule has 1 rings (SSSR count). The molecule has 0 unspecified atom stereocenters. The van der Waals surface area contributed by atoms with Gasteiger partial charge in [-0.3, -0.25) is 4.79 Å². The quantitative estimate of drug-likeness (QED) is 0.768. The monoisotopic (exact) mass is 329 g/mol. The molecule has 0 fully saturated rings. The Morgan fingerprint density at radius 3 is 2.28 bits per heavy atom. The summed E-state index contributed by atoms with van der Waals surface area (Å²) in [6.07, 6.45) is 2.80. The van der Waals surface area contributed by atoms with Gasteiger partial charge < -0.3 is 5.32 Å². The molecule has 0 heterocycles. The van der Waals surface area contributed by atoms with Gasteiger partial charge in [-0.25, -0.2) is 0 Å². The van der Waals surface area contributed by atoms with Crippen LogP contribution in [0.2, 0.25) is 0 Å². The van der Waals surface area contributed by atoms with E-state index in [9.17, 15) is 4.79 Å². The molecule has 0 bridgehead atoms. The predicted molar refractivity (Wildman–Crippen MR) is 82.5 cm³/mol. The summed E-state index contributed by atoms with van der Waals surface area (Å²) in [6.45, 7) is 6.32. The zero-order chi connectivity index (χ0) is 13.8. The number of benzene rings is 1. The van der Waals surface area contributed by atoms with Crippen molar-refractivity contribution in [1.82, 2.24) is 5.32 Å². The Morgan fingerprint density at radius 1 is 1.28 bits per heavy atom. The average molecular weight is 330 g/mol. The van der Waals surface area contributed by atoms with Crippen LogP contribution in [0.3, 0.4) is 0 Å². The van der Waals surface area contributed by atoms with Gasteiger partial charge in [0.15, 0.2) is 0 Å². The molecule has 0 aliphatic carbocycles. The van der Waals surface area contributed by atoms with E-state index in [4.69, 9.17) is 0 Å². The lowest BCUT2D eigenvalue weighted by Gasteiger charge is -2.32. The van der Waals surface area contributed by atoms with E-state index in [0.29, 0.717) is 10.5 Å². The van der Waals surface area contributed by atoms with Crippen LogP contribution in [0.5, 0.6) is 0 Å². The summed E-state index contributed by atoms with van der Waals surface area (Å²) in [5, 5.41) is 3.15. The zero-order valence-corrected chi connectivity index (χ0v) is 13.6. The Hall–Kier alpha value is -0.480. The average Bonchev–Trinajstić information content (AvgIpc) is 2.36. The number of rotatable bonds is 5. The van der Waals surface area contributed by atoms with Crippen LogP contribution >= 0.6 is 28.6 Å². The van der Waals surface area contributed by atoms with E-state index in [1.807, 2.05) is 12.1 Å². The Labute approximate surface area is 123 Å². The molecule has 4 heteroatoms. The highest BCUT2D eigenvalue weighted by Gasteiger charge is 2.26. The van der Waals surface area contributed by atoms with Gasteiger partial charge in [-0.2, -0.15) is 0 Å². The van der Waals surface area contributed by atoms with Crippen LogP contribution in [0.1, 0.15) is 50.4 Å². The number of amides is 1. The zero-order valence-electron chi connectivity index (χ0n) is 11.1. The Balaban J connectivity index is 2.94. The number of carbonyl (C=O) groups excluding carboxylic acids is 1. The summed E-state index contributed by atoms with van der Waals surface area (Å²) < 4.78 is 0.928. The molecule has 18 heavy (non-hydrogen) atoms. The van der Waals surface area contributed by atoms with E-state index in [1.54, 1.807) is 6.07 Å². The highest BCUT2D eigenvalue weighted by molar-refractivity contribution is 9.10. The van der Waals surface area contributed by atoms with Gasteiger partial charge in [0.1, 0.15) is 0 Å². The molecule has 0 aliphatic heterocycles. The third-order valence-corrected chi connectivity index (χ3v) is 4.48. The molecule has 1 N–H and O–H groups in total. The maximum Gasteiger partial charge on any atom is 0.252 e. The van der Waals surface area contributed by atoms with Crippen molar-refractivity contribution in [2.75, 3.05) is 0 Å². The lowest BCUT2D eigenvalue weighted by Crippen LogP contribution is -2.47. The van der Waals surface area contributed by atoms with Crippen molar-refractivity contribution < 1.29 is 4.79 Å². The maximum absolute atomic E-state index is 12.3. The second-order valence-electron chi connectivity index (χ2n) is 4.46. The van der Waals surface area contributed by atoms with Gasteiger partial charge in [0.2, 0.25) is 0 Å². The Bertz CT molecular complexity index is 422. The van der Waals surface area contributed by atoms with Crippen LogP contribution in [-0.2, 0) is 0 Å². The van der Waals surface area contributed by atoms with E-state index in [0.717, 1.165) is 23.7 Å². The fraction of sp³-hybridized carbons (Fsp3) is 0.500. The van der Waals surface area contributed by atoms with Gasteiger partial charge in [-0.15, -0.1) is 12.6 Å². The number of hydrogen-bond acceptors (Lipinski definition) is 2. The maximum atomic E-state index is 12.3. The Kier molecular flexibility index (Phi) is 5.73. The summed E-state index contributed by atoms with van der Waals surface area (Å²) >= 11 is 7.72. The van der Waals surface area contributed by atoms with Crippen LogP contribution in [0.15, 0.2) is 27.6 Å². The number of halogens is 1. The topological polar surface area (TPSA) is 29.1 Å². The molecular weight excluding hydrogens is 310 g/mol. The van der Waals surface area contributed by atoms with E-state index in [-0.39, 0.29) is 11.4 Å². The van der Waals surface area contributed by atoms with Crippen molar-refractivity contribution >= 4 is 34.5 Å². The van der Waals surface area contributed by atoms with Crippen LogP contribution in [0, 0.1) is 0 Å². The molecular formula is C14H20BrNOS. The van der Waals surface area contributed by atoms with Crippen molar-refractivity contribution in [2.45, 2.75) is 50.5 Å². The van der Waals surface area contributed by atoms with Gasteiger partial charge in [-0.1, -0.05) is 36.7 Å². The minimum absolute atomic E-state index is 0.0435. The van der Waals surface area contributed by atoms with E-state index in [1.165, 1.54) is 0 Å². The molecule has 1 aromatic carbocycles. The van der Waals surface area contributed by atoms with Crippen LogP contribution < -0.4 is 5.32 Å². The summed E-state index contributed by atoms with van der Waals surface area (Å²) in [6, 6.07) is 5.50. The van der Waals surface area contributed by atoms with Crippen molar-refractivity contribution in [3.05, 3.63) is 28.2 Å². The van der Waals surface area contributed by atoms with Crippen molar-refractivity contribution in [1.29, 1.82) is 0 Å². The first-order chi connectivity index (χ1) is 8.48. The highest BCUT2D eigenvalue weighted by Crippen LogP contribution is 2.23. The number of thiol groups is 1. The Morgan fingerprint density at radius 2 is 1.83 bits per heavy atom. The summed E-state index contributed by atoms with van der Waals surface area (Å²) in [7, 11) is 0. The second kappa shape index (κ2) is 6.62. The van der Waals surface area contributed by atoms with E-state index < -0.39 is 0 Å². The van der Waals surface area contributed by atoms with Crippen molar-refractivity contribution in [3.63, 3.8) is 0 Å². The van der Waals surface area contributed by atoms with Crippen LogP contribution in [-0.4, -0.2) is 11.4 Å². The lowest BCUT2D eigenvalue weighted by molar-refractivity contribution is 0.0885. The molecule has 2 nitrogen and oxygen atoms in total. The predicted octanol–water partition coefficient (Wildman–Crippen LogP) is 4.44. The molecule has 0 radical (unpaired) electrons. The van der Waals surface area contributed by atoms with Gasteiger partial charge in [-0.05, 0) is 37.5 Å². The minimum Gasteiger partial charge on any atom is -0.347 e. The number of hydrogen-bond donors (Lipinski definition) is 2. The molecule has 1 amide bonds. The normalized spacial score (nSPS) is 11.4. The third-order valence-electron chi connectivity index (χ3n) is 3.61. The van der Waals surface area contributed by atoms with Gasteiger partial charge in [0, 0.05) is 14.9 Å². The SMILES string of the molecule is CCC(CC)(CC)NC(=O)c1ccc(Br)cc1S. The van der Waals surface area contributed by atoms with Crippen LogP contribution in [0.4, 0.5) is 0 Å². The second-order valence-corrected chi connectivity index (χ2v) is 5.85. The van der Waals surface area contributed by atoms with E-state index in [2.05, 4.69) is 54.6 Å². The first kappa shape index (κ1) is 15.6. The molecule has 100 valence electrons. The lowest BCUT2D eigenvalue weighted by atomic mass is 9.89. The first-order valence-corrected chi connectivity index (χ1v) is 7.53. The molecule has 0 spiro atoms. The minimum atomic E-state index is -0.107. The van der Waals surface area contributed by atoms with Crippen molar-refractivity contribution in [3.8, 4) is 0 Å². The van der Waals surface area contributed by atoms with Crippen LogP contribution in [0.25, 0.3) is 0 Å². The van der Waals surface area contributed by atoms with Gasteiger partial charge in [0.05, 0.1) is 5.56 Å². The molecule has 0 saturated carbocycles. The number of carbonyl (C=O) groups is 1. The van der Waals surface area contributed by atoms with E-state index >= 15 is 0 Å². The molecule has 0 aliphatic rings. The third kappa shape index (κ3) is 3.51. The fourth-order valence-electron chi connectivity index (χ4n) is 2.02. The number of nitrogens with one attached hydrogen (secondary N) is 1. The summed E-state index contributed by atoms with van der Waals surface area (Å²) in [5.74, 6) is -0.0435. The summed E-state index contributed by atoms with van der Waals surface area (Å²) in [4.78, 5) is 13.0. The molecule has 0 aromatic heterocycles. The van der Waals surface area contributed by atoms with Gasteiger partial charge >= 0.3 is 0 Å². The first-order valence-electron chi connectivity index (χ1n) is 6.29. The van der Waals surface area contributed by atoms with Gasteiger partial charge in [0.25, 0.3) is 5.91 Å².